The van der Waals surface area contributed by atoms with Crippen LogP contribution in [-0.4, -0.2) is 10.5 Å². The summed E-state index contributed by atoms with van der Waals surface area (Å²) in [7, 11) is 0. The van der Waals surface area contributed by atoms with Gasteiger partial charge < -0.3 is 0 Å². The van der Waals surface area contributed by atoms with Gasteiger partial charge in [0.2, 0.25) is 10.5 Å². The molecular formula is C11H10Cl2O2. The largest absolute Gasteiger partial charge is 0.280 e. The topological polar surface area (TPSA) is 34.1 Å². The molecule has 1 rings (SSSR count). The van der Waals surface area contributed by atoms with Crippen LogP contribution in [0, 0.1) is 5.92 Å². The van der Waals surface area contributed by atoms with E-state index in [0.29, 0.717) is 0 Å². The molecule has 0 aliphatic rings. The molecule has 15 heavy (non-hydrogen) atoms. The Morgan fingerprint density at radius 2 is 1.53 bits per heavy atom. The minimum absolute atomic E-state index is 0.304. The zero-order chi connectivity index (χ0) is 11.4. The maximum absolute atomic E-state index is 11.1. The molecule has 0 N–H and O–H groups in total. The van der Waals surface area contributed by atoms with Gasteiger partial charge in [-0.2, -0.15) is 0 Å². The number of hydrogen-bond donors (Lipinski definition) is 0. The van der Waals surface area contributed by atoms with Crippen molar-refractivity contribution in [2.75, 3.05) is 0 Å². The molecule has 0 saturated heterocycles. The molecule has 0 heterocycles. The first kappa shape index (κ1) is 12.2. The third-order valence-corrected chi connectivity index (χ3v) is 2.78. The van der Waals surface area contributed by atoms with Crippen LogP contribution in [0.1, 0.15) is 18.4 Å². The summed E-state index contributed by atoms with van der Waals surface area (Å²) in [5, 5.41) is -1.43. The van der Waals surface area contributed by atoms with Crippen LogP contribution < -0.4 is 0 Å². The third kappa shape index (κ3) is 3.05. The zero-order valence-electron chi connectivity index (χ0n) is 8.11. The van der Waals surface area contributed by atoms with E-state index in [9.17, 15) is 9.59 Å². The minimum Gasteiger partial charge on any atom is -0.280 e. The first-order valence-corrected chi connectivity index (χ1v) is 5.23. The van der Waals surface area contributed by atoms with Crippen LogP contribution in [0.2, 0.25) is 0 Å². The van der Waals surface area contributed by atoms with Crippen molar-refractivity contribution in [2.24, 2.45) is 5.92 Å². The van der Waals surface area contributed by atoms with Crippen LogP contribution in [0.5, 0.6) is 0 Å². The molecule has 4 heteroatoms. The summed E-state index contributed by atoms with van der Waals surface area (Å²) >= 11 is 10.7. The summed E-state index contributed by atoms with van der Waals surface area (Å²) in [5.41, 5.74) is 0.866. The van der Waals surface area contributed by atoms with Gasteiger partial charge in [0.05, 0.1) is 0 Å². The number of benzene rings is 1. The van der Waals surface area contributed by atoms with Crippen molar-refractivity contribution < 1.29 is 9.59 Å². The molecule has 1 atom stereocenters. The maximum atomic E-state index is 11.1. The highest BCUT2D eigenvalue weighted by Gasteiger charge is 2.30. The van der Waals surface area contributed by atoms with Gasteiger partial charge in [0.15, 0.2) is 0 Å². The van der Waals surface area contributed by atoms with Crippen LogP contribution in [-0.2, 0) is 9.59 Å². The van der Waals surface area contributed by atoms with Gasteiger partial charge in [-0.3, -0.25) is 9.59 Å². The Hall–Kier alpha value is -0.860. The predicted molar refractivity (Wildman–Crippen MR) is 60.1 cm³/mol. The number of carbonyl (C=O) groups is 2. The van der Waals surface area contributed by atoms with Crippen molar-refractivity contribution in [1.29, 1.82) is 0 Å². The summed E-state index contributed by atoms with van der Waals surface area (Å²) in [6, 6.07) is 9.19. The average molecular weight is 245 g/mol. The summed E-state index contributed by atoms with van der Waals surface area (Å²) in [4.78, 5) is 22.1. The Morgan fingerprint density at radius 1 is 1.07 bits per heavy atom. The molecule has 0 aliphatic heterocycles. The van der Waals surface area contributed by atoms with E-state index in [-0.39, 0.29) is 5.92 Å². The van der Waals surface area contributed by atoms with E-state index in [1.807, 2.05) is 30.3 Å². The Morgan fingerprint density at radius 3 is 1.93 bits per heavy atom. The van der Waals surface area contributed by atoms with Gasteiger partial charge in [-0.25, -0.2) is 0 Å². The molecule has 1 aromatic rings. The fourth-order valence-corrected chi connectivity index (χ4v) is 2.06. The second-order valence-corrected chi connectivity index (χ2v) is 4.03. The summed E-state index contributed by atoms with van der Waals surface area (Å²) in [6.07, 6.45) is 0. The van der Waals surface area contributed by atoms with Crippen molar-refractivity contribution in [2.45, 2.75) is 12.8 Å². The van der Waals surface area contributed by atoms with Gasteiger partial charge in [-0.15, -0.1) is 0 Å². The van der Waals surface area contributed by atoms with E-state index in [1.165, 1.54) is 0 Å². The molecule has 2 nitrogen and oxygen atoms in total. The van der Waals surface area contributed by atoms with E-state index in [4.69, 9.17) is 23.2 Å². The van der Waals surface area contributed by atoms with Gasteiger partial charge in [0.25, 0.3) is 0 Å². The number of carbonyl (C=O) groups excluding carboxylic acids is 2. The van der Waals surface area contributed by atoms with E-state index in [0.717, 1.165) is 5.56 Å². The summed E-state index contributed by atoms with van der Waals surface area (Å²) < 4.78 is 0. The number of rotatable bonds is 4. The lowest BCUT2D eigenvalue weighted by molar-refractivity contribution is -0.124. The first-order valence-electron chi connectivity index (χ1n) is 4.47. The molecule has 0 saturated carbocycles. The SMILES string of the molecule is CC(c1ccccc1)C(C(=O)Cl)C(=O)Cl. The van der Waals surface area contributed by atoms with Gasteiger partial charge in [0.1, 0.15) is 5.92 Å². The normalized spacial score (nSPS) is 12.5. The fourth-order valence-electron chi connectivity index (χ4n) is 1.43. The number of halogens is 2. The Balaban J connectivity index is 2.96. The molecule has 0 aliphatic carbocycles. The van der Waals surface area contributed by atoms with Gasteiger partial charge >= 0.3 is 0 Å². The lowest BCUT2D eigenvalue weighted by atomic mass is 9.89. The van der Waals surface area contributed by atoms with E-state index in [1.54, 1.807) is 6.92 Å². The Kier molecular flexibility index (Phi) is 4.30. The van der Waals surface area contributed by atoms with Crippen LogP contribution in [0.15, 0.2) is 30.3 Å². The van der Waals surface area contributed by atoms with Crippen molar-refractivity contribution in [3.05, 3.63) is 35.9 Å². The van der Waals surface area contributed by atoms with Crippen molar-refractivity contribution in [1.82, 2.24) is 0 Å². The summed E-state index contributed by atoms with van der Waals surface area (Å²) in [5.74, 6) is -1.28. The molecule has 0 fully saturated rings. The molecule has 1 aromatic carbocycles. The maximum Gasteiger partial charge on any atom is 0.234 e. The van der Waals surface area contributed by atoms with Crippen molar-refractivity contribution in [3.63, 3.8) is 0 Å². The van der Waals surface area contributed by atoms with Gasteiger partial charge in [-0.05, 0) is 28.8 Å². The molecule has 80 valence electrons. The van der Waals surface area contributed by atoms with Gasteiger partial charge in [-0.1, -0.05) is 37.3 Å². The quantitative estimate of drug-likeness (QED) is 0.603. The zero-order valence-corrected chi connectivity index (χ0v) is 9.63. The molecule has 0 spiro atoms. The van der Waals surface area contributed by atoms with E-state index >= 15 is 0 Å². The highest BCUT2D eigenvalue weighted by Crippen LogP contribution is 2.27. The molecule has 0 bridgehead atoms. The second kappa shape index (κ2) is 5.29. The molecule has 1 unspecified atom stereocenters. The van der Waals surface area contributed by atoms with Crippen molar-refractivity contribution in [3.8, 4) is 0 Å². The highest BCUT2D eigenvalue weighted by molar-refractivity contribution is 6.73. The van der Waals surface area contributed by atoms with Gasteiger partial charge in [0, 0.05) is 5.92 Å². The monoisotopic (exact) mass is 244 g/mol. The molecule has 0 aromatic heterocycles. The summed E-state index contributed by atoms with van der Waals surface area (Å²) in [6.45, 7) is 1.75. The van der Waals surface area contributed by atoms with Crippen LogP contribution in [0.4, 0.5) is 0 Å². The highest BCUT2D eigenvalue weighted by atomic mass is 35.5. The van der Waals surface area contributed by atoms with Crippen LogP contribution in [0.25, 0.3) is 0 Å². The van der Waals surface area contributed by atoms with Crippen molar-refractivity contribution >= 4 is 33.7 Å². The number of hydrogen-bond acceptors (Lipinski definition) is 2. The Bertz CT molecular complexity index is 348. The Labute approximate surface area is 98.2 Å². The molecular weight excluding hydrogens is 235 g/mol. The standard InChI is InChI=1S/C11H10Cl2O2/c1-7(8-5-3-2-4-6-8)9(10(12)14)11(13)15/h2-7,9H,1H3. The van der Waals surface area contributed by atoms with E-state index in [2.05, 4.69) is 0 Å². The minimum atomic E-state index is -0.976. The van der Waals surface area contributed by atoms with E-state index < -0.39 is 16.4 Å². The first-order chi connectivity index (χ1) is 7.04. The molecule has 0 amide bonds. The lowest BCUT2D eigenvalue weighted by Crippen LogP contribution is -2.22. The lowest BCUT2D eigenvalue weighted by Gasteiger charge is -2.16. The predicted octanol–water partition coefficient (Wildman–Crippen LogP) is 2.94. The second-order valence-electron chi connectivity index (χ2n) is 3.29. The average Bonchev–Trinajstić information content (AvgIpc) is 2.18. The third-order valence-electron chi connectivity index (χ3n) is 2.31. The van der Waals surface area contributed by atoms with Crippen LogP contribution in [0.3, 0.4) is 0 Å². The van der Waals surface area contributed by atoms with Crippen LogP contribution >= 0.6 is 23.2 Å². The smallest absolute Gasteiger partial charge is 0.234 e. The molecule has 0 radical (unpaired) electrons. The fraction of sp³-hybridized carbons (Fsp3) is 0.273.